The number of fused-ring (bicyclic) bond motifs is 1. The van der Waals surface area contributed by atoms with Crippen molar-refractivity contribution in [2.24, 2.45) is 0 Å². The lowest BCUT2D eigenvalue weighted by molar-refractivity contribution is -0.134. The first-order chi connectivity index (χ1) is 7.66. The van der Waals surface area contributed by atoms with Gasteiger partial charge >= 0.3 is 5.97 Å². The molecule has 0 radical (unpaired) electrons. The van der Waals surface area contributed by atoms with E-state index in [-0.39, 0.29) is 12.1 Å². The highest BCUT2D eigenvalue weighted by Crippen LogP contribution is 2.12. The number of aliphatic carboxylic acids is 1. The molecule has 0 aliphatic carbocycles. The van der Waals surface area contributed by atoms with Crippen molar-refractivity contribution in [3.8, 4) is 0 Å². The number of H-pyrrole nitrogens is 1. The molecule has 2 aromatic rings. The van der Waals surface area contributed by atoms with Crippen LogP contribution >= 0.6 is 0 Å². The predicted molar refractivity (Wildman–Crippen MR) is 60.7 cm³/mol. The zero-order valence-electron chi connectivity index (χ0n) is 8.36. The van der Waals surface area contributed by atoms with Gasteiger partial charge in [0.2, 0.25) is 0 Å². The van der Waals surface area contributed by atoms with Crippen LogP contribution in [0.2, 0.25) is 0 Å². The maximum atomic E-state index is 11.6. The molecule has 5 nitrogen and oxygen atoms in total. The van der Waals surface area contributed by atoms with Crippen LogP contribution in [0.25, 0.3) is 10.8 Å². The second kappa shape index (κ2) is 4.06. The Labute approximate surface area is 90.7 Å². The van der Waals surface area contributed by atoms with Crippen LogP contribution in [0, 0.1) is 0 Å². The fraction of sp³-hybridized carbons (Fsp3) is 0.0909. The third-order valence-electron chi connectivity index (χ3n) is 2.18. The Morgan fingerprint density at radius 1 is 1.38 bits per heavy atom. The van der Waals surface area contributed by atoms with Gasteiger partial charge in [-0.3, -0.25) is 9.59 Å². The van der Waals surface area contributed by atoms with Gasteiger partial charge in [0.25, 0.3) is 5.56 Å². The van der Waals surface area contributed by atoms with Crippen LogP contribution in [0.4, 0.5) is 5.82 Å². The molecule has 0 bridgehead atoms. The molecular weight excluding hydrogens is 208 g/mol. The van der Waals surface area contributed by atoms with Crippen molar-refractivity contribution in [1.29, 1.82) is 0 Å². The summed E-state index contributed by atoms with van der Waals surface area (Å²) in [5.74, 6) is -0.569. The van der Waals surface area contributed by atoms with Gasteiger partial charge in [0, 0.05) is 5.39 Å². The minimum atomic E-state index is -0.978. The lowest BCUT2D eigenvalue weighted by Crippen LogP contribution is -2.16. The van der Waals surface area contributed by atoms with E-state index in [1.807, 2.05) is 6.07 Å². The first kappa shape index (κ1) is 10.2. The van der Waals surface area contributed by atoms with E-state index in [4.69, 9.17) is 5.11 Å². The second-order valence-corrected chi connectivity index (χ2v) is 3.35. The van der Waals surface area contributed by atoms with Crippen molar-refractivity contribution >= 4 is 22.6 Å². The van der Waals surface area contributed by atoms with Crippen LogP contribution in [-0.4, -0.2) is 22.6 Å². The molecule has 0 amide bonds. The monoisotopic (exact) mass is 218 g/mol. The Balaban J connectivity index is 2.42. The van der Waals surface area contributed by atoms with Crippen LogP contribution in [-0.2, 0) is 4.79 Å². The molecular formula is C11H10N2O3. The average molecular weight is 218 g/mol. The van der Waals surface area contributed by atoms with Crippen molar-refractivity contribution in [2.45, 2.75) is 0 Å². The second-order valence-electron chi connectivity index (χ2n) is 3.35. The normalized spacial score (nSPS) is 10.2. The summed E-state index contributed by atoms with van der Waals surface area (Å²) in [5.41, 5.74) is -0.231. The molecule has 0 spiro atoms. The predicted octanol–water partition coefficient (Wildman–Crippen LogP) is 1.02. The molecule has 0 saturated heterocycles. The number of aromatic nitrogens is 1. The summed E-state index contributed by atoms with van der Waals surface area (Å²) < 4.78 is 0. The van der Waals surface area contributed by atoms with E-state index in [2.05, 4.69) is 10.3 Å². The number of anilines is 1. The van der Waals surface area contributed by atoms with Gasteiger partial charge in [-0.2, -0.15) is 0 Å². The van der Waals surface area contributed by atoms with E-state index in [1.54, 1.807) is 24.3 Å². The molecule has 2 rings (SSSR count). The Morgan fingerprint density at radius 3 is 2.88 bits per heavy atom. The Morgan fingerprint density at radius 2 is 2.12 bits per heavy atom. The lowest BCUT2D eigenvalue weighted by Gasteiger charge is -2.04. The van der Waals surface area contributed by atoms with Gasteiger partial charge in [0.1, 0.15) is 12.4 Å². The van der Waals surface area contributed by atoms with Crippen LogP contribution in [0.5, 0.6) is 0 Å². The summed E-state index contributed by atoms with van der Waals surface area (Å²) in [6.45, 7) is -0.228. The Bertz CT molecular complexity index is 589. The molecule has 0 saturated carbocycles. The van der Waals surface area contributed by atoms with Crippen molar-refractivity contribution in [3.05, 3.63) is 40.7 Å². The van der Waals surface area contributed by atoms with Crippen LogP contribution in [0.3, 0.4) is 0 Å². The van der Waals surface area contributed by atoms with Gasteiger partial charge < -0.3 is 15.4 Å². The molecule has 82 valence electrons. The first-order valence-electron chi connectivity index (χ1n) is 4.74. The number of hydrogen-bond donors (Lipinski definition) is 3. The van der Waals surface area contributed by atoms with E-state index < -0.39 is 5.97 Å². The molecule has 0 aliphatic rings. The third kappa shape index (κ3) is 2.03. The minimum Gasteiger partial charge on any atom is -0.480 e. The number of carbonyl (C=O) groups is 1. The summed E-state index contributed by atoms with van der Waals surface area (Å²) in [5, 5.41) is 12.5. The van der Waals surface area contributed by atoms with E-state index in [0.717, 1.165) is 5.39 Å². The maximum absolute atomic E-state index is 11.6. The van der Waals surface area contributed by atoms with E-state index >= 15 is 0 Å². The standard InChI is InChI=1S/C11H10N2O3/c14-10(15)6-12-9-5-7-3-1-2-4-8(7)11(16)13-9/h1-5H,6H2,(H,14,15)(H2,12,13,16). The summed E-state index contributed by atoms with van der Waals surface area (Å²) in [6, 6.07) is 8.83. The van der Waals surface area contributed by atoms with Crippen molar-refractivity contribution < 1.29 is 9.90 Å². The van der Waals surface area contributed by atoms with Gasteiger partial charge in [-0.05, 0) is 17.5 Å². The van der Waals surface area contributed by atoms with E-state index in [0.29, 0.717) is 11.2 Å². The number of hydrogen-bond acceptors (Lipinski definition) is 3. The van der Waals surface area contributed by atoms with Gasteiger partial charge in [-0.1, -0.05) is 18.2 Å². The topological polar surface area (TPSA) is 82.2 Å². The summed E-state index contributed by atoms with van der Waals surface area (Å²) in [7, 11) is 0. The molecule has 0 unspecified atom stereocenters. The number of nitrogens with one attached hydrogen (secondary N) is 2. The number of benzene rings is 1. The fourth-order valence-corrected chi connectivity index (χ4v) is 1.48. The van der Waals surface area contributed by atoms with E-state index in [9.17, 15) is 9.59 Å². The number of aromatic amines is 1. The van der Waals surface area contributed by atoms with Crippen LogP contribution in [0.1, 0.15) is 0 Å². The lowest BCUT2D eigenvalue weighted by atomic mass is 10.2. The molecule has 1 aromatic heterocycles. The zero-order valence-corrected chi connectivity index (χ0v) is 8.36. The highest BCUT2D eigenvalue weighted by Gasteiger charge is 2.02. The summed E-state index contributed by atoms with van der Waals surface area (Å²) in [6.07, 6.45) is 0. The van der Waals surface area contributed by atoms with Gasteiger partial charge in [0.05, 0.1) is 0 Å². The SMILES string of the molecule is O=C(O)CNc1cc2ccccc2c(=O)[nH]1. The molecule has 0 fully saturated rings. The largest absolute Gasteiger partial charge is 0.480 e. The zero-order chi connectivity index (χ0) is 11.5. The Hall–Kier alpha value is -2.30. The van der Waals surface area contributed by atoms with Crippen molar-refractivity contribution in [1.82, 2.24) is 4.98 Å². The number of pyridine rings is 1. The molecule has 1 heterocycles. The molecule has 5 heteroatoms. The van der Waals surface area contributed by atoms with Crippen LogP contribution < -0.4 is 10.9 Å². The maximum Gasteiger partial charge on any atom is 0.322 e. The highest BCUT2D eigenvalue weighted by molar-refractivity contribution is 5.84. The van der Waals surface area contributed by atoms with Gasteiger partial charge in [-0.25, -0.2) is 0 Å². The average Bonchev–Trinajstić information content (AvgIpc) is 2.26. The fourth-order valence-electron chi connectivity index (χ4n) is 1.48. The van der Waals surface area contributed by atoms with Crippen molar-refractivity contribution in [2.75, 3.05) is 11.9 Å². The molecule has 16 heavy (non-hydrogen) atoms. The third-order valence-corrected chi connectivity index (χ3v) is 2.18. The molecule has 1 aromatic carbocycles. The van der Waals surface area contributed by atoms with Crippen molar-refractivity contribution in [3.63, 3.8) is 0 Å². The smallest absolute Gasteiger partial charge is 0.322 e. The summed E-state index contributed by atoms with van der Waals surface area (Å²) in [4.78, 5) is 24.5. The molecule has 0 atom stereocenters. The highest BCUT2D eigenvalue weighted by atomic mass is 16.4. The Kier molecular flexibility index (Phi) is 2.59. The quantitative estimate of drug-likeness (QED) is 0.718. The van der Waals surface area contributed by atoms with E-state index in [1.165, 1.54) is 0 Å². The number of carboxylic acids is 1. The molecule has 0 aliphatic heterocycles. The first-order valence-corrected chi connectivity index (χ1v) is 4.74. The van der Waals surface area contributed by atoms with Gasteiger partial charge in [-0.15, -0.1) is 0 Å². The molecule has 3 N–H and O–H groups in total. The number of carboxylic acid groups (broad SMARTS) is 1. The minimum absolute atomic E-state index is 0.228. The van der Waals surface area contributed by atoms with Gasteiger partial charge in [0.15, 0.2) is 0 Å². The van der Waals surface area contributed by atoms with Crippen LogP contribution in [0.15, 0.2) is 35.1 Å². The summed E-state index contributed by atoms with van der Waals surface area (Å²) >= 11 is 0. The number of rotatable bonds is 3.